The molecule has 0 aliphatic rings. The van der Waals surface area contributed by atoms with E-state index in [1.54, 1.807) is 30.3 Å². The van der Waals surface area contributed by atoms with E-state index < -0.39 is 55.5 Å². The summed E-state index contributed by atoms with van der Waals surface area (Å²) in [7, 11) is -4.15. The molecule has 0 atom stereocenters. The van der Waals surface area contributed by atoms with Gasteiger partial charge >= 0.3 is 6.18 Å². The molecule has 0 bridgehead atoms. The molecular formula is C25H19F5N4O3S. The fourth-order valence-corrected chi connectivity index (χ4v) is 4.79. The molecule has 0 saturated heterocycles. The second-order valence-electron chi connectivity index (χ2n) is 8.20. The predicted molar refractivity (Wildman–Crippen MR) is 129 cm³/mol. The predicted octanol–water partition coefficient (Wildman–Crippen LogP) is 4.95. The van der Waals surface area contributed by atoms with Gasteiger partial charge in [-0.1, -0.05) is 36.4 Å². The molecule has 3 N–H and O–H groups in total. The fraction of sp³-hybridized carbons (Fsp3) is 0.120. The highest BCUT2D eigenvalue weighted by molar-refractivity contribution is 7.90. The zero-order valence-electron chi connectivity index (χ0n) is 19.6. The Labute approximate surface area is 213 Å². The van der Waals surface area contributed by atoms with Gasteiger partial charge < -0.3 is 11.1 Å². The highest BCUT2D eigenvalue weighted by Gasteiger charge is 2.36. The van der Waals surface area contributed by atoms with E-state index in [-0.39, 0.29) is 23.4 Å². The van der Waals surface area contributed by atoms with Crippen LogP contribution in [-0.4, -0.2) is 30.4 Å². The number of nitrogens with zero attached hydrogens (tertiary/aromatic N) is 2. The minimum Gasteiger partial charge on any atom is -0.326 e. The lowest BCUT2D eigenvalue weighted by atomic mass is 10.0. The zero-order chi connectivity index (χ0) is 27.8. The molecule has 0 spiro atoms. The number of halogens is 5. The first-order valence-electron chi connectivity index (χ1n) is 10.9. The van der Waals surface area contributed by atoms with E-state index in [4.69, 9.17) is 5.73 Å². The molecular weight excluding hydrogens is 531 g/mol. The van der Waals surface area contributed by atoms with Crippen LogP contribution in [0.2, 0.25) is 0 Å². The van der Waals surface area contributed by atoms with Crippen molar-refractivity contribution in [2.75, 3.05) is 11.6 Å². The van der Waals surface area contributed by atoms with Crippen LogP contribution in [0.25, 0.3) is 16.8 Å². The van der Waals surface area contributed by atoms with Gasteiger partial charge in [0, 0.05) is 30.0 Å². The van der Waals surface area contributed by atoms with Crippen molar-refractivity contribution in [1.29, 1.82) is 0 Å². The van der Waals surface area contributed by atoms with Gasteiger partial charge in [0.1, 0.15) is 16.4 Å². The van der Waals surface area contributed by atoms with E-state index in [1.807, 2.05) is 0 Å². The van der Waals surface area contributed by atoms with E-state index in [0.717, 1.165) is 30.5 Å². The van der Waals surface area contributed by atoms with Gasteiger partial charge in [0.15, 0.2) is 21.3 Å². The summed E-state index contributed by atoms with van der Waals surface area (Å²) in [5, 5.41) is 5.56. The van der Waals surface area contributed by atoms with E-state index in [2.05, 4.69) is 10.4 Å². The van der Waals surface area contributed by atoms with Gasteiger partial charge in [-0.2, -0.15) is 18.3 Å². The minimum absolute atomic E-state index is 0.0358. The Morgan fingerprint density at radius 2 is 1.71 bits per heavy atom. The van der Waals surface area contributed by atoms with Gasteiger partial charge in [0.25, 0.3) is 5.91 Å². The molecule has 0 aliphatic carbocycles. The van der Waals surface area contributed by atoms with Gasteiger partial charge in [-0.15, -0.1) is 0 Å². The molecule has 1 amide bonds. The zero-order valence-corrected chi connectivity index (χ0v) is 20.4. The third-order valence-corrected chi connectivity index (χ3v) is 6.67. The number of carbonyl (C=O) groups excluding carboxylic acids is 1. The van der Waals surface area contributed by atoms with Gasteiger partial charge in [-0.25, -0.2) is 21.9 Å². The molecule has 7 nitrogen and oxygen atoms in total. The third kappa shape index (κ3) is 5.29. The molecule has 4 rings (SSSR count). The molecule has 3 aromatic carbocycles. The van der Waals surface area contributed by atoms with Crippen molar-refractivity contribution in [3.63, 3.8) is 0 Å². The van der Waals surface area contributed by atoms with Crippen molar-refractivity contribution < 1.29 is 35.2 Å². The van der Waals surface area contributed by atoms with Crippen LogP contribution in [0.5, 0.6) is 0 Å². The molecule has 4 aromatic rings. The Morgan fingerprint density at radius 1 is 1.03 bits per heavy atom. The summed E-state index contributed by atoms with van der Waals surface area (Å²) in [6.07, 6.45) is -4.15. The molecule has 0 fully saturated rings. The first-order chi connectivity index (χ1) is 17.8. The van der Waals surface area contributed by atoms with Gasteiger partial charge in [0.2, 0.25) is 0 Å². The maximum absolute atomic E-state index is 15.5. The first kappa shape index (κ1) is 26.9. The number of benzene rings is 3. The van der Waals surface area contributed by atoms with Crippen LogP contribution < -0.4 is 11.1 Å². The molecule has 13 heteroatoms. The highest BCUT2D eigenvalue weighted by Crippen LogP contribution is 2.34. The Bertz CT molecular complexity index is 1630. The summed E-state index contributed by atoms with van der Waals surface area (Å²) in [4.78, 5) is 12.4. The normalized spacial score (nSPS) is 12.0. The molecule has 1 heterocycles. The van der Waals surface area contributed by atoms with Gasteiger partial charge in [0.05, 0.1) is 11.4 Å². The van der Waals surface area contributed by atoms with E-state index >= 15 is 4.39 Å². The quantitative estimate of drug-likeness (QED) is 0.331. The Balaban J connectivity index is 1.81. The molecule has 0 saturated carbocycles. The number of carbonyl (C=O) groups is 1. The number of aromatic nitrogens is 2. The maximum Gasteiger partial charge on any atom is 0.435 e. The molecule has 38 heavy (non-hydrogen) atoms. The number of anilines is 1. The fourth-order valence-electron chi connectivity index (χ4n) is 3.77. The van der Waals surface area contributed by atoms with E-state index in [0.29, 0.717) is 16.3 Å². The first-order valence-corrected chi connectivity index (χ1v) is 12.8. The highest BCUT2D eigenvalue weighted by atomic mass is 32.2. The number of nitrogens with two attached hydrogens (primary N) is 1. The van der Waals surface area contributed by atoms with E-state index in [9.17, 15) is 30.8 Å². The Hall–Kier alpha value is -4.10. The van der Waals surface area contributed by atoms with Crippen LogP contribution in [-0.2, 0) is 22.6 Å². The summed E-state index contributed by atoms with van der Waals surface area (Å²) in [5.74, 6) is -3.23. The van der Waals surface area contributed by atoms with Crippen LogP contribution in [0.4, 0.5) is 27.6 Å². The Kier molecular flexibility index (Phi) is 7.08. The lowest BCUT2D eigenvalue weighted by Gasteiger charge is -2.14. The lowest BCUT2D eigenvalue weighted by Crippen LogP contribution is -2.19. The number of nitrogens with one attached hydrogen (secondary N) is 1. The maximum atomic E-state index is 15.5. The largest absolute Gasteiger partial charge is 0.435 e. The second kappa shape index (κ2) is 9.99. The molecule has 198 valence electrons. The molecule has 1 aromatic heterocycles. The summed E-state index contributed by atoms with van der Waals surface area (Å²) in [5.41, 5.74) is 3.07. The average Bonchev–Trinajstić information content (AvgIpc) is 3.31. The smallest absolute Gasteiger partial charge is 0.326 e. The Morgan fingerprint density at radius 3 is 2.32 bits per heavy atom. The van der Waals surface area contributed by atoms with Crippen molar-refractivity contribution in [2.24, 2.45) is 5.73 Å². The van der Waals surface area contributed by atoms with Crippen LogP contribution in [0.15, 0.2) is 71.6 Å². The number of sulfone groups is 1. The van der Waals surface area contributed by atoms with Crippen molar-refractivity contribution in [1.82, 2.24) is 9.78 Å². The van der Waals surface area contributed by atoms with Crippen molar-refractivity contribution in [2.45, 2.75) is 17.6 Å². The molecule has 0 aliphatic heterocycles. The monoisotopic (exact) mass is 550 g/mol. The number of alkyl halides is 3. The summed E-state index contributed by atoms with van der Waals surface area (Å²) >= 11 is 0. The van der Waals surface area contributed by atoms with Crippen LogP contribution >= 0.6 is 0 Å². The van der Waals surface area contributed by atoms with Crippen molar-refractivity contribution >= 4 is 21.4 Å². The van der Waals surface area contributed by atoms with Gasteiger partial charge in [-0.05, 0) is 29.8 Å². The summed E-state index contributed by atoms with van der Waals surface area (Å²) in [6.45, 7) is -0.276. The third-order valence-electron chi connectivity index (χ3n) is 5.53. The van der Waals surface area contributed by atoms with Crippen LogP contribution in [0.1, 0.15) is 21.7 Å². The number of rotatable bonds is 6. The number of hydrogen-bond acceptors (Lipinski definition) is 5. The SMILES string of the molecule is CS(=O)(=O)c1c(-c2ccccc2)ccc(NC(=O)c2cc(C(F)(F)F)nn2-c2ccc(F)c(CN)c2)c1F. The summed E-state index contributed by atoms with van der Waals surface area (Å²) < 4.78 is 95.3. The van der Waals surface area contributed by atoms with Crippen LogP contribution in [0, 0.1) is 11.6 Å². The van der Waals surface area contributed by atoms with Crippen LogP contribution in [0.3, 0.4) is 0 Å². The summed E-state index contributed by atoms with van der Waals surface area (Å²) in [6, 6.07) is 14.0. The second-order valence-corrected chi connectivity index (χ2v) is 10.2. The lowest BCUT2D eigenvalue weighted by molar-refractivity contribution is -0.141. The molecule has 0 unspecified atom stereocenters. The number of amides is 1. The topological polar surface area (TPSA) is 107 Å². The van der Waals surface area contributed by atoms with E-state index in [1.165, 1.54) is 6.07 Å². The van der Waals surface area contributed by atoms with Crippen molar-refractivity contribution in [3.05, 3.63) is 95.3 Å². The van der Waals surface area contributed by atoms with Crippen molar-refractivity contribution in [3.8, 4) is 16.8 Å². The minimum atomic E-state index is -4.94. The average molecular weight is 551 g/mol. The van der Waals surface area contributed by atoms with Gasteiger partial charge in [-0.3, -0.25) is 4.79 Å². The number of hydrogen-bond donors (Lipinski definition) is 2. The molecule has 0 radical (unpaired) electrons. The standard InChI is InChI=1S/C25H19F5N4O3S/c1-38(36,37)23-17(14-5-3-2-4-6-14)8-10-19(22(23)27)32-24(35)20-12-21(25(28,29)30)33-34(20)16-7-9-18(26)15(11-16)13-31/h2-12H,13,31H2,1H3,(H,32,35).